The van der Waals surface area contributed by atoms with E-state index in [1.165, 1.54) is 24.9 Å². The van der Waals surface area contributed by atoms with Gasteiger partial charge in [0, 0.05) is 9.52 Å². The van der Waals surface area contributed by atoms with Gasteiger partial charge in [-0.3, -0.25) is 0 Å². The Hall–Kier alpha value is 2.39. The number of rotatable bonds is 10. The fraction of sp³-hybridized carbons (Fsp3) is 1.00. The zero-order valence-corrected chi connectivity index (χ0v) is 17.0. The molecule has 0 aromatic carbocycles. The quantitative estimate of drug-likeness (QED) is 0.223. The van der Waals surface area contributed by atoms with E-state index in [4.69, 9.17) is 66.5 Å². The van der Waals surface area contributed by atoms with Crippen LogP contribution in [0.25, 0.3) is 0 Å². The molecule has 9 heteroatoms. The van der Waals surface area contributed by atoms with Gasteiger partial charge in [-0.15, -0.1) is 66.5 Å². The van der Waals surface area contributed by atoms with Crippen molar-refractivity contribution in [3.8, 4) is 0 Å². The molecule has 0 aromatic rings. The second-order valence-electron chi connectivity index (χ2n) is 3.89. The summed E-state index contributed by atoms with van der Waals surface area (Å²) >= 11 is 34.8. The molecule has 0 spiro atoms. The van der Waals surface area contributed by atoms with Crippen LogP contribution in [0.5, 0.6) is 0 Å². The van der Waals surface area contributed by atoms with Crippen LogP contribution in [0.3, 0.4) is 0 Å². The first-order valence-corrected chi connectivity index (χ1v) is 17.4. The molecule has 0 aliphatic carbocycles. The lowest BCUT2D eigenvalue weighted by Gasteiger charge is -2.07. The minimum Gasteiger partial charge on any atom is -0.126 e. The third-order valence-electron chi connectivity index (χ3n) is 2.13. The highest BCUT2D eigenvalue weighted by atomic mass is 35.8. The van der Waals surface area contributed by atoms with E-state index in [1.807, 2.05) is 0 Å². The van der Waals surface area contributed by atoms with Crippen LogP contribution in [-0.2, 0) is 0 Å². The highest BCUT2D eigenvalue weighted by Crippen LogP contribution is 2.28. The molecule has 0 heterocycles. The van der Waals surface area contributed by atoms with Gasteiger partial charge in [-0.1, -0.05) is 37.8 Å². The van der Waals surface area contributed by atoms with Crippen LogP contribution in [0.4, 0.5) is 0 Å². The van der Waals surface area contributed by atoms with Gasteiger partial charge in [0.25, 0.3) is 0 Å². The SMILES string of the molecule is Cl[Si](Cl)(Cl)CCCC[Si]CCCC[Si](Cl)(Cl)Cl. The van der Waals surface area contributed by atoms with Crippen molar-refractivity contribution < 1.29 is 0 Å². The van der Waals surface area contributed by atoms with Gasteiger partial charge in [0.15, 0.2) is 0 Å². The molecule has 0 atom stereocenters. The van der Waals surface area contributed by atoms with Crippen molar-refractivity contribution in [1.82, 2.24) is 0 Å². The lowest BCUT2D eigenvalue weighted by Crippen LogP contribution is -2.08. The highest BCUT2D eigenvalue weighted by molar-refractivity contribution is 7.65. The van der Waals surface area contributed by atoms with Crippen molar-refractivity contribution in [1.29, 1.82) is 0 Å². The molecule has 0 unspecified atom stereocenters. The Bertz CT molecular complexity index is 171. The number of unbranched alkanes of at least 4 members (excludes halogenated alkanes) is 2. The summed E-state index contributed by atoms with van der Waals surface area (Å²) < 4.78 is 0. The topological polar surface area (TPSA) is 0 Å². The summed E-state index contributed by atoms with van der Waals surface area (Å²) in [5, 5.41) is 0. The molecule has 0 aliphatic rings. The molecule has 0 aromatic heterocycles. The van der Waals surface area contributed by atoms with Crippen LogP contribution in [0.1, 0.15) is 25.7 Å². The van der Waals surface area contributed by atoms with Gasteiger partial charge in [-0.2, -0.15) is 0 Å². The van der Waals surface area contributed by atoms with Gasteiger partial charge in [0.2, 0.25) is 0 Å². The maximum atomic E-state index is 5.80. The molecule has 0 N–H and O–H groups in total. The smallest absolute Gasteiger partial charge is 0.126 e. The van der Waals surface area contributed by atoms with E-state index in [-0.39, 0.29) is 0 Å². The maximum absolute atomic E-state index is 5.80. The number of halogens is 6. The van der Waals surface area contributed by atoms with Gasteiger partial charge in [0.1, 0.15) is 0 Å². The molecule has 0 amide bonds. The van der Waals surface area contributed by atoms with Crippen molar-refractivity contribution in [2.45, 2.75) is 49.9 Å². The first kappa shape index (κ1) is 19.4. The monoisotopic (exact) mass is 406 g/mol. The van der Waals surface area contributed by atoms with E-state index in [2.05, 4.69) is 0 Å². The molecular formula is C8H16Cl6Si3. The second-order valence-corrected chi connectivity index (χ2v) is 24.0. The standard InChI is InChI=1S/C8H16Cl6Si3/c9-16(10,11)7-3-1-5-15-6-2-4-8-17(12,13)14/h1-8H2. The van der Waals surface area contributed by atoms with Crippen LogP contribution in [-0.4, -0.2) is 21.5 Å². The Morgan fingerprint density at radius 2 is 0.941 bits per heavy atom. The molecule has 0 bridgehead atoms. The Morgan fingerprint density at radius 3 is 1.24 bits per heavy atom. The normalized spacial score (nSPS) is 13.1. The zero-order valence-electron chi connectivity index (χ0n) is 9.42. The van der Waals surface area contributed by atoms with Gasteiger partial charge in [0.05, 0.1) is 0 Å². The van der Waals surface area contributed by atoms with Crippen LogP contribution in [0.15, 0.2) is 0 Å². The first-order valence-electron chi connectivity index (χ1n) is 5.55. The largest absolute Gasteiger partial charge is 0.341 e. The number of hydrogen-bond acceptors (Lipinski definition) is 0. The van der Waals surface area contributed by atoms with E-state index in [9.17, 15) is 0 Å². The Morgan fingerprint density at radius 1 is 0.588 bits per heavy atom. The molecule has 17 heavy (non-hydrogen) atoms. The van der Waals surface area contributed by atoms with Crippen molar-refractivity contribution in [3.63, 3.8) is 0 Å². The first-order chi connectivity index (χ1) is 7.71. The van der Waals surface area contributed by atoms with Gasteiger partial charge in [-0.25, -0.2) is 0 Å². The predicted molar refractivity (Wildman–Crippen MR) is 90.1 cm³/mol. The Labute approximate surface area is 137 Å². The average molecular weight is 409 g/mol. The molecule has 102 valence electrons. The molecule has 0 rings (SSSR count). The van der Waals surface area contributed by atoms with Crippen LogP contribution in [0.2, 0.25) is 24.2 Å². The molecule has 0 aliphatic heterocycles. The van der Waals surface area contributed by atoms with Crippen LogP contribution < -0.4 is 0 Å². The average Bonchev–Trinajstić information content (AvgIpc) is 2.11. The van der Waals surface area contributed by atoms with Gasteiger partial charge in [-0.05, 0) is 12.1 Å². The van der Waals surface area contributed by atoms with E-state index >= 15 is 0 Å². The molecule has 2 radical (unpaired) electrons. The summed E-state index contributed by atoms with van der Waals surface area (Å²) in [6.45, 7) is 0. The third kappa shape index (κ3) is 18.4. The summed E-state index contributed by atoms with van der Waals surface area (Å²) in [5.74, 6) is 0. The van der Waals surface area contributed by atoms with Crippen molar-refractivity contribution >= 4 is 88.0 Å². The summed E-state index contributed by atoms with van der Waals surface area (Å²) in [4.78, 5) is 0. The van der Waals surface area contributed by atoms with Crippen LogP contribution >= 0.6 is 66.5 Å². The highest BCUT2D eigenvalue weighted by Gasteiger charge is 2.24. The minimum absolute atomic E-state index is 0.779. The molecule has 0 nitrogen and oxygen atoms in total. The maximum Gasteiger partial charge on any atom is 0.341 e. The zero-order chi connectivity index (χ0) is 13.4. The van der Waals surface area contributed by atoms with Gasteiger partial charge >= 0.3 is 12.0 Å². The van der Waals surface area contributed by atoms with Crippen molar-refractivity contribution in [3.05, 3.63) is 0 Å². The summed E-state index contributed by atoms with van der Waals surface area (Å²) in [6, 6.07) is -0.728. The summed E-state index contributed by atoms with van der Waals surface area (Å²) in [5.41, 5.74) is 0. The molecule has 0 saturated heterocycles. The molecular weight excluding hydrogens is 393 g/mol. The summed E-state index contributed by atoms with van der Waals surface area (Å²) in [7, 11) is 0.991. The van der Waals surface area contributed by atoms with E-state index in [0.29, 0.717) is 0 Å². The van der Waals surface area contributed by atoms with E-state index in [0.717, 1.165) is 34.4 Å². The van der Waals surface area contributed by atoms with Gasteiger partial charge < -0.3 is 0 Å². The lowest BCUT2D eigenvalue weighted by molar-refractivity contribution is 0.846. The third-order valence-corrected chi connectivity index (χ3v) is 8.78. The Kier molecular flexibility index (Phi) is 11.6. The number of hydrogen-bond donors (Lipinski definition) is 0. The fourth-order valence-corrected chi connectivity index (χ4v) is 6.23. The van der Waals surface area contributed by atoms with Crippen LogP contribution in [0, 0.1) is 0 Å². The second kappa shape index (κ2) is 10.2. The summed E-state index contributed by atoms with van der Waals surface area (Å²) in [6.07, 6.45) is 4.41. The van der Waals surface area contributed by atoms with E-state index < -0.39 is 12.0 Å². The molecule has 0 saturated carbocycles. The molecule has 0 fully saturated rings. The fourth-order valence-electron chi connectivity index (χ4n) is 1.28. The predicted octanol–water partition coefficient (Wildman–Crippen LogP) is 6.40. The minimum atomic E-state index is -2.38. The Balaban J connectivity index is 3.15. The van der Waals surface area contributed by atoms with Crippen molar-refractivity contribution in [2.75, 3.05) is 0 Å². The van der Waals surface area contributed by atoms with E-state index in [1.54, 1.807) is 0 Å². The van der Waals surface area contributed by atoms with Crippen molar-refractivity contribution in [2.24, 2.45) is 0 Å². The lowest BCUT2D eigenvalue weighted by atomic mass is 10.4.